The number of nitriles is 1. The molecule has 2 aromatic heterocycles. The largest absolute Gasteiger partial charge is 0.352 e. The van der Waals surface area contributed by atoms with Crippen molar-refractivity contribution in [1.82, 2.24) is 15.1 Å². The summed E-state index contributed by atoms with van der Waals surface area (Å²) in [6.45, 7) is 1.49. The van der Waals surface area contributed by atoms with Gasteiger partial charge in [0, 0.05) is 12.5 Å². The van der Waals surface area contributed by atoms with Gasteiger partial charge in [0.2, 0.25) is 0 Å². The molecule has 0 aliphatic carbocycles. The van der Waals surface area contributed by atoms with E-state index in [0.717, 1.165) is 6.26 Å². The van der Waals surface area contributed by atoms with Crippen LogP contribution in [-0.2, 0) is 9.84 Å². The Hall–Kier alpha value is -2.14. The molecule has 7 nitrogen and oxygen atoms in total. The highest BCUT2D eigenvalue weighted by Crippen LogP contribution is 2.23. The molecule has 0 fully saturated rings. The smallest absolute Gasteiger partial charge is 0.259 e. The maximum Gasteiger partial charge on any atom is 0.259 e. The number of hydrogen-bond donors (Lipinski definition) is 1. The maximum absolute atomic E-state index is 11.4. The SMILES string of the molecule is CC(c1noc(-c2c[nH]c(C#N)c2)n1)S(C)(=O)=O. The molecule has 1 N–H and O–H groups in total. The van der Waals surface area contributed by atoms with Crippen LogP contribution in [0, 0.1) is 11.3 Å². The molecule has 18 heavy (non-hydrogen) atoms. The van der Waals surface area contributed by atoms with E-state index in [1.807, 2.05) is 6.07 Å². The summed E-state index contributed by atoms with van der Waals surface area (Å²) >= 11 is 0. The fourth-order valence-electron chi connectivity index (χ4n) is 1.29. The lowest BCUT2D eigenvalue weighted by atomic mass is 10.3. The van der Waals surface area contributed by atoms with E-state index in [1.165, 1.54) is 6.92 Å². The zero-order valence-electron chi connectivity index (χ0n) is 9.71. The highest BCUT2D eigenvalue weighted by molar-refractivity contribution is 7.90. The summed E-state index contributed by atoms with van der Waals surface area (Å²) < 4.78 is 27.7. The molecule has 2 heterocycles. The van der Waals surface area contributed by atoms with E-state index in [-0.39, 0.29) is 11.7 Å². The first-order valence-corrected chi connectivity index (χ1v) is 6.98. The van der Waals surface area contributed by atoms with Crippen LogP contribution in [0.4, 0.5) is 0 Å². The Labute approximate surface area is 103 Å². The normalized spacial score (nSPS) is 13.2. The van der Waals surface area contributed by atoms with Crippen LogP contribution in [0.25, 0.3) is 11.5 Å². The second-order valence-corrected chi connectivity index (χ2v) is 6.21. The van der Waals surface area contributed by atoms with Crippen LogP contribution in [-0.4, -0.2) is 29.8 Å². The molecule has 0 aliphatic rings. The Balaban J connectivity index is 2.34. The van der Waals surface area contributed by atoms with E-state index < -0.39 is 15.1 Å². The predicted molar refractivity (Wildman–Crippen MR) is 62.1 cm³/mol. The Bertz CT molecular complexity index is 708. The number of hydrogen-bond acceptors (Lipinski definition) is 6. The van der Waals surface area contributed by atoms with Gasteiger partial charge in [-0.25, -0.2) is 8.42 Å². The molecule has 8 heteroatoms. The van der Waals surface area contributed by atoms with Gasteiger partial charge in [-0.15, -0.1) is 0 Å². The Morgan fingerprint density at radius 3 is 2.83 bits per heavy atom. The van der Waals surface area contributed by atoms with E-state index in [2.05, 4.69) is 15.1 Å². The minimum Gasteiger partial charge on any atom is -0.352 e. The van der Waals surface area contributed by atoms with Gasteiger partial charge in [-0.2, -0.15) is 10.2 Å². The number of aromatic amines is 1. The number of H-pyrrole nitrogens is 1. The van der Waals surface area contributed by atoms with E-state index in [4.69, 9.17) is 9.78 Å². The summed E-state index contributed by atoms with van der Waals surface area (Å²) in [5.74, 6) is 0.283. The molecule has 0 spiro atoms. The third-order valence-corrected chi connectivity index (χ3v) is 3.99. The second-order valence-electron chi connectivity index (χ2n) is 3.84. The van der Waals surface area contributed by atoms with E-state index >= 15 is 0 Å². The van der Waals surface area contributed by atoms with Crippen molar-refractivity contribution in [3.63, 3.8) is 0 Å². The van der Waals surface area contributed by atoms with Gasteiger partial charge in [-0.05, 0) is 13.0 Å². The molecule has 0 saturated carbocycles. The van der Waals surface area contributed by atoms with Crippen molar-refractivity contribution in [1.29, 1.82) is 5.26 Å². The fourth-order valence-corrected chi connectivity index (χ4v) is 1.77. The van der Waals surface area contributed by atoms with Gasteiger partial charge in [-0.3, -0.25) is 0 Å². The van der Waals surface area contributed by atoms with Crippen LogP contribution < -0.4 is 0 Å². The van der Waals surface area contributed by atoms with Crippen LogP contribution in [0.15, 0.2) is 16.8 Å². The number of aromatic nitrogens is 3. The van der Waals surface area contributed by atoms with Gasteiger partial charge in [-0.1, -0.05) is 5.16 Å². The van der Waals surface area contributed by atoms with Gasteiger partial charge in [0.25, 0.3) is 5.89 Å². The highest BCUT2D eigenvalue weighted by Gasteiger charge is 2.23. The van der Waals surface area contributed by atoms with Crippen LogP contribution in [0.1, 0.15) is 23.7 Å². The van der Waals surface area contributed by atoms with Gasteiger partial charge in [0.15, 0.2) is 15.7 Å². The third kappa shape index (κ3) is 2.26. The molecule has 1 atom stereocenters. The Kier molecular flexibility index (Phi) is 2.92. The first kappa shape index (κ1) is 12.3. The zero-order valence-corrected chi connectivity index (χ0v) is 10.5. The molecule has 1 unspecified atom stereocenters. The molecule has 0 aromatic carbocycles. The summed E-state index contributed by atoms with van der Waals surface area (Å²) in [5.41, 5.74) is 0.909. The minimum absolute atomic E-state index is 0.104. The Morgan fingerprint density at radius 2 is 2.28 bits per heavy atom. The average Bonchev–Trinajstić information content (AvgIpc) is 2.95. The molecule has 0 bridgehead atoms. The van der Waals surface area contributed by atoms with E-state index in [9.17, 15) is 8.42 Å². The number of sulfone groups is 1. The average molecular weight is 266 g/mol. The lowest BCUT2D eigenvalue weighted by molar-refractivity contribution is 0.422. The Morgan fingerprint density at radius 1 is 1.56 bits per heavy atom. The molecule has 0 aliphatic heterocycles. The second kappa shape index (κ2) is 4.27. The molecule has 0 saturated heterocycles. The van der Waals surface area contributed by atoms with Gasteiger partial charge >= 0.3 is 0 Å². The quantitative estimate of drug-likeness (QED) is 0.888. The minimum atomic E-state index is -3.27. The van der Waals surface area contributed by atoms with Gasteiger partial charge in [0.05, 0.1) is 5.56 Å². The lowest BCUT2D eigenvalue weighted by Gasteiger charge is -2.01. The maximum atomic E-state index is 11.4. The van der Waals surface area contributed by atoms with E-state index in [1.54, 1.807) is 12.3 Å². The summed E-state index contributed by atoms with van der Waals surface area (Å²) in [6.07, 6.45) is 2.65. The van der Waals surface area contributed by atoms with Gasteiger partial charge < -0.3 is 9.51 Å². The summed E-state index contributed by atoms with van der Waals surface area (Å²) in [4.78, 5) is 6.72. The molecule has 2 rings (SSSR count). The van der Waals surface area contributed by atoms with Crippen molar-refractivity contribution in [3.05, 3.63) is 23.8 Å². The van der Waals surface area contributed by atoms with Crippen LogP contribution in [0.2, 0.25) is 0 Å². The summed E-state index contributed by atoms with van der Waals surface area (Å²) in [6, 6.07) is 3.47. The van der Waals surface area contributed by atoms with E-state index in [0.29, 0.717) is 11.3 Å². The van der Waals surface area contributed by atoms with Gasteiger partial charge in [0.1, 0.15) is 17.0 Å². The first-order valence-electron chi connectivity index (χ1n) is 5.03. The predicted octanol–water partition coefficient (Wildman–Crippen LogP) is 1.04. The van der Waals surface area contributed by atoms with Crippen molar-refractivity contribution in [2.24, 2.45) is 0 Å². The van der Waals surface area contributed by atoms with Crippen LogP contribution >= 0.6 is 0 Å². The molecule has 2 aromatic rings. The first-order chi connectivity index (χ1) is 8.41. The topological polar surface area (TPSA) is 113 Å². The van der Waals surface area contributed by atoms with Crippen molar-refractivity contribution in [3.8, 4) is 17.5 Å². The summed E-state index contributed by atoms with van der Waals surface area (Å²) in [7, 11) is -3.27. The van der Waals surface area contributed by atoms with Crippen LogP contribution in [0.3, 0.4) is 0 Å². The van der Waals surface area contributed by atoms with Crippen LogP contribution in [0.5, 0.6) is 0 Å². The third-order valence-electron chi connectivity index (χ3n) is 2.50. The monoisotopic (exact) mass is 266 g/mol. The van der Waals surface area contributed by atoms with Crippen molar-refractivity contribution < 1.29 is 12.9 Å². The molecule has 0 radical (unpaired) electrons. The van der Waals surface area contributed by atoms with Crippen molar-refractivity contribution in [2.45, 2.75) is 12.2 Å². The lowest BCUT2D eigenvalue weighted by Crippen LogP contribution is -2.09. The highest BCUT2D eigenvalue weighted by atomic mass is 32.2. The van der Waals surface area contributed by atoms with Crippen molar-refractivity contribution in [2.75, 3.05) is 6.26 Å². The molecule has 0 amide bonds. The summed E-state index contributed by atoms with van der Waals surface area (Å²) in [5, 5.41) is 11.5. The number of rotatable bonds is 3. The molecular formula is C10H10N4O3S. The number of nitrogens with zero attached hydrogens (tertiary/aromatic N) is 3. The molecular weight excluding hydrogens is 256 g/mol. The fraction of sp³-hybridized carbons (Fsp3) is 0.300. The number of nitrogens with one attached hydrogen (secondary N) is 1. The molecule has 94 valence electrons. The van der Waals surface area contributed by atoms with Crippen molar-refractivity contribution >= 4 is 9.84 Å². The zero-order chi connectivity index (χ0) is 13.3. The standard InChI is InChI=1S/C10H10N4O3S/c1-6(18(2,15)16)9-13-10(17-14-9)7-3-8(4-11)12-5-7/h3,5-6,12H,1-2H3.